The molecule has 0 radical (unpaired) electrons. The third-order valence-corrected chi connectivity index (χ3v) is 4.40. The SMILES string of the molecule is CC(C)(C)OC(=O)NCCOCCNC(=O)CCCC(=O)NCc1ccc(-c2nncnn2)cc1. The molecule has 0 atom stereocenters. The Hall–Kier alpha value is -3.67. The number of carbonyl (C=O) groups is 3. The molecule has 1 aromatic carbocycles. The number of amides is 3. The summed E-state index contributed by atoms with van der Waals surface area (Å²) in [4.78, 5) is 35.4. The summed E-state index contributed by atoms with van der Waals surface area (Å²) < 4.78 is 10.5. The zero-order valence-corrected chi connectivity index (χ0v) is 20.4. The van der Waals surface area contributed by atoms with Crippen LogP contribution in [0.4, 0.5) is 4.79 Å². The van der Waals surface area contributed by atoms with Gasteiger partial charge in [0.25, 0.3) is 0 Å². The van der Waals surface area contributed by atoms with Crippen LogP contribution in [0.3, 0.4) is 0 Å². The first-order valence-electron chi connectivity index (χ1n) is 11.4. The summed E-state index contributed by atoms with van der Waals surface area (Å²) in [6, 6.07) is 7.42. The molecule has 35 heavy (non-hydrogen) atoms. The van der Waals surface area contributed by atoms with E-state index in [2.05, 4.69) is 36.3 Å². The van der Waals surface area contributed by atoms with Gasteiger partial charge < -0.3 is 25.4 Å². The van der Waals surface area contributed by atoms with Crippen molar-refractivity contribution >= 4 is 17.9 Å². The minimum Gasteiger partial charge on any atom is -0.444 e. The largest absolute Gasteiger partial charge is 0.444 e. The van der Waals surface area contributed by atoms with E-state index in [1.54, 1.807) is 20.8 Å². The smallest absolute Gasteiger partial charge is 0.407 e. The Kier molecular flexibility index (Phi) is 11.5. The molecule has 12 heteroatoms. The van der Waals surface area contributed by atoms with E-state index in [-0.39, 0.29) is 24.7 Å². The van der Waals surface area contributed by atoms with Crippen molar-refractivity contribution in [2.45, 2.75) is 52.2 Å². The number of hydrogen-bond acceptors (Lipinski definition) is 9. The van der Waals surface area contributed by atoms with Crippen LogP contribution in [-0.2, 0) is 25.6 Å². The third kappa shape index (κ3) is 12.4. The molecule has 0 aliphatic rings. The van der Waals surface area contributed by atoms with Crippen molar-refractivity contribution < 1.29 is 23.9 Å². The molecule has 0 fully saturated rings. The lowest BCUT2D eigenvalue weighted by Crippen LogP contribution is -2.34. The van der Waals surface area contributed by atoms with Crippen molar-refractivity contribution in [3.8, 4) is 11.4 Å². The van der Waals surface area contributed by atoms with E-state index in [0.29, 0.717) is 45.1 Å². The second-order valence-electron chi connectivity index (χ2n) is 8.59. The molecule has 0 saturated carbocycles. The van der Waals surface area contributed by atoms with E-state index in [1.807, 2.05) is 24.3 Å². The highest BCUT2D eigenvalue weighted by molar-refractivity contribution is 5.78. The zero-order valence-electron chi connectivity index (χ0n) is 20.4. The molecule has 0 bridgehead atoms. The Labute approximate surface area is 204 Å². The first-order chi connectivity index (χ1) is 16.7. The van der Waals surface area contributed by atoms with Gasteiger partial charge in [-0.15, -0.1) is 20.4 Å². The van der Waals surface area contributed by atoms with Gasteiger partial charge in [0.05, 0.1) is 13.2 Å². The number of alkyl carbamates (subject to hydrolysis) is 1. The average molecular weight is 488 g/mol. The topological polar surface area (TPSA) is 157 Å². The quantitative estimate of drug-likeness (QED) is 0.355. The Morgan fingerprint density at radius 1 is 0.857 bits per heavy atom. The second-order valence-corrected chi connectivity index (χ2v) is 8.59. The molecule has 3 amide bonds. The fourth-order valence-electron chi connectivity index (χ4n) is 2.78. The molecule has 2 rings (SSSR count). The molecule has 190 valence electrons. The van der Waals surface area contributed by atoms with Crippen molar-refractivity contribution in [2.75, 3.05) is 26.3 Å². The standard InChI is InChI=1S/C23H33N7O5/c1-23(2,3)35-22(33)25-12-14-34-13-11-24-19(31)5-4-6-20(32)26-15-17-7-9-18(10-8-17)21-29-27-16-28-30-21/h7-10,16H,4-6,11-15H2,1-3H3,(H,24,31)(H,25,33)(H,26,32). The van der Waals surface area contributed by atoms with Crippen LogP contribution in [0.25, 0.3) is 11.4 Å². The fraction of sp³-hybridized carbons (Fsp3) is 0.522. The molecule has 3 N–H and O–H groups in total. The minimum absolute atomic E-state index is 0.123. The highest BCUT2D eigenvalue weighted by Gasteiger charge is 2.15. The maximum atomic E-state index is 12.0. The van der Waals surface area contributed by atoms with Gasteiger partial charge in [0.1, 0.15) is 5.60 Å². The van der Waals surface area contributed by atoms with Crippen molar-refractivity contribution in [1.82, 2.24) is 36.3 Å². The van der Waals surface area contributed by atoms with Crippen LogP contribution in [-0.4, -0.2) is 70.2 Å². The number of hydrogen-bond donors (Lipinski definition) is 3. The van der Waals surface area contributed by atoms with Crippen LogP contribution in [0.5, 0.6) is 0 Å². The van der Waals surface area contributed by atoms with E-state index in [1.165, 1.54) is 6.33 Å². The van der Waals surface area contributed by atoms with E-state index >= 15 is 0 Å². The Morgan fingerprint density at radius 2 is 1.46 bits per heavy atom. The van der Waals surface area contributed by atoms with Crippen LogP contribution < -0.4 is 16.0 Å². The molecule has 0 spiro atoms. The summed E-state index contributed by atoms with van der Waals surface area (Å²) in [5.74, 6) is 0.168. The zero-order chi connectivity index (χ0) is 25.5. The van der Waals surface area contributed by atoms with Gasteiger partial charge in [0.15, 0.2) is 6.33 Å². The summed E-state index contributed by atoms with van der Waals surface area (Å²) in [5, 5.41) is 23.4. The lowest BCUT2D eigenvalue weighted by atomic mass is 10.1. The van der Waals surface area contributed by atoms with Gasteiger partial charge in [0.2, 0.25) is 17.6 Å². The first-order valence-corrected chi connectivity index (χ1v) is 11.4. The average Bonchev–Trinajstić information content (AvgIpc) is 2.82. The van der Waals surface area contributed by atoms with Gasteiger partial charge in [-0.25, -0.2) is 4.79 Å². The van der Waals surface area contributed by atoms with Gasteiger partial charge in [-0.3, -0.25) is 9.59 Å². The molecule has 0 saturated heterocycles. The number of rotatable bonds is 13. The fourth-order valence-corrected chi connectivity index (χ4v) is 2.78. The number of nitrogens with one attached hydrogen (secondary N) is 3. The van der Waals surface area contributed by atoms with Crippen LogP contribution in [0, 0.1) is 0 Å². The van der Waals surface area contributed by atoms with Crippen LogP contribution in [0.1, 0.15) is 45.6 Å². The van der Waals surface area contributed by atoms with Gasteiger partial charge in [-0.1, -0.05) is 24.3 Å². The number of benzene rings is 1. The van der Waals surface area contributed by atoms with Gasteiger partial charge in [0, 0.05) is 38.0 Å². The molecule has 0 unspecified atom stereocenters. The lowest BCUT2D eigenvalue weighted by molar-refractivity contribution is -0.122. The Morgan fingerprint density at radius 3 is 2.09 bits per heavy atom. The van der Waals surface area contributed by atoms with E-state index in [4.69, 9.17) is 9.47 Å². The normalized spacial score (nSPS) is 10.9. The summed E-state index contributed by atoms with van der Waals surface area (Å²) >= 11 is 0. The monoisotopic (exact) mass is 487 g/mol. The maximum absolute atomic E-state index is 12.0. The van der Waals surface area contributed by atoms with Gasteiger partial charge in [-0.2, -0.15) is 0 Å². The van der Waals surface area contributed by atoms with Crippen molar-refractivity contribution in [3.05, 3.63) is 36.2 Å². The number of nitrogens with zero attached hydrogens (tertiary/aromatic N) is 4. The molecule has 0 aliphatic carbocycles. The molecule has 2 aromatic rings. The summed E-state index contributed by atoms with van der Waals surface area (Å²) in [7, 11) is 0. The van der Waals surface area contributed by atoms with Gasteiger partial charge in [-0.05, 0) is 32.8 Å². The number of aromatic nitrogens is 4. The van der Waals surface area contributed by atoms with E-state index in [9.17, 15) is 14.4 Å². The Balaban J connectivity index is 1.48. The van der Waals surface area contributed by atoms with Crippen LogP contribution >= 0.6 is 0 Å². The van der Waals surface area contributed by atoms with Crippen molar-refractivity contribution in [2.24, 2.45) is 0 Å². The molecular formula is C23H33N7O5. The van der Waals surface area contributed by atoms with Crippen molar-refractivity contribution in [1.29, 1.82) is 0 Å². The number of ether oxygens (including phenoxy) is 2. The van der Waals surface area contributed by atoms with E-state index in [0.717, 1.165) is 11.1 Å². The molecule has 1 aromatic heterocycles. The highest BCUT2D eigenvalue weighted by Crippen LogP contribution is 2.13. The van der Waals surface area contributed by atoms with Crippen LogP contribution in [0.2, 0.25) is 0 Å². The summed E-state index contributed by atoms with van der Waals surface area (Å²) in [6.45, 7) is 7.06. The summed E-state index contributed by atoms with van der Waals surface area (Å²) in [5.41, 5.74) is 1.17. The lowest BCUT2D eigenvalue weighted by Gasteiger charge is -2.19. The predicted octanol–water partition coefficient (Wildman–Crippen LogP) is 1.38. The highest BCUT2D eigenvalue weighted by atomic mass is 16.6. The molecule has 1 heterocycles. The van der Waals surface area contributed by atoms with Crippen LogP contribution in [0.15, 0.2) is 30.6 Å². The molecule has 12 nitrogen and oxygen atoms in total. The minimum atomic E-state index is -0.544. The van der Waals surface area contributed by atoms with E-state index < -0.39 is 11.7 Å². The molecule has 0 aliphatic heterocycles. The third-order valence-electron chi connectivity index (χ3n) is 4.40. The maximum Gasteiger partial charge on any atom is 0.407 e. The first kappa shape index (κ1) is 27.6. The predicted molar refractivity (Wildman–Crippen MR) is 127 cm³/mol. The molecular weight excluding hydrogens is 454 g/mol. The Bertz CT molecular complexity index is 934. The van der Waals surface area contributed by atoms with Gasteiger partial charge >= 0.3 is 6.09 Å². The second kappa shape index (κ2) is 14.6. The summed E-state index contributed by atoms with van der Waals surface area (Å²) in [6.07, 6.45) is 1.73. The number of carbonyl (C=O) groups excluding carboxylic acids is 3. The van der Waals surface area contributed by atoms with Crippen molar-refractivity contribution in [3.63, 3.8) is 0 Å².